The van der Waals surface area contributed by atoms with E-state index in [0.29, 0.717) is 71.8 Å². The lowest BCUT2D eigenvalue weighted by molar-refractivity contribution is -0.137. The van der Waals surface area contributed by atoms with Crippen LogP contribution in [0.15, 0.2) is 109 Å². The van der Waals surface area contributed by atoms with Crippen LogP contribution in [-0.4, -0.2) is 9.13 Å². The third-order valence-electron chi connectivity index (χ3n) is 9.24. The molecule has 0 bridgehead atoms. The number of nitriles is 3. The van der Waals surface area contributed by atoms with Gasteiger partial charge in [-0.3, -0.25) is 0 Å². The van der Waals surface area contributed by atoms with Crippen molar-refractivity contribution in [2.75, 3.05) is 0 Å². The quantitative estimate of drug-likeness (QED) is 0.174. The topological polar surface area (TPSA) is 89.9 Å². The van der Waals surface area contributed by atoms with Gasteiger partial charge in [-0.1, -0.05) is 18.2 Å². The molecule has 0 aliphatic rings. The van der Waals surface area contributed by atoms with Crippen LogP contribution in [0.1, 0.15) is 22.3 Å². The van der Waals surface area contributed by atoms with Crippen LogP contribution >= 0.6 is 0 Å². The first-order chi connectivity index (χ1) is 25.2. The Balaban J connectivity index is 1.56. The lowest BCUT2D eigenvalue weighted by Gasteiger charge is -2.22. The van der Waals surface area contributed by atoms with Gasteiger partial charge in [-0.05, 0) is 102 Å². The molecular formula is C42H18F3N7. The first-order valence-corrected chi connectivity index (χ1v) is 15.7. The normalized spacial score (nSPS) is 11.3. The van der Waals surface area contributed by atoms with E-state index in [1.807, 2.05) is 0 Å². The van der Waals surface area contributed by atoms with E-state index in [1.54, 1.807) is 100 Å². The molecular weight excluding hydrogens is 660 g/mol. The standard InChI is InChI=1S/C42H18F3N7/c1-49-27-9-14-37-31(19-27)32-20-28(50-2)10-15-38(32)51(37)39-13-8-26(23-48)18-33(39)41-34(42(43,44)45)4-3-5-40(41)52-35-11-6-24(21-46)16-29(35)30-17-25(22-47)7-12-36(30)52/h3-20H. The molecule has 52 heavy (non-hydrogen) atoms. The summed E-state index contributed by atoms with van der Waals surface area (Å²) in [6.07, 6.45) is -4.83. The number of hydrogen-bond donors (Lipinski definition) is 0. The number of aromatic nitrogens is 2. The van der Waals surface area contributed by atoms with Gasteiger partial charge in [0.05, 0.1) is 87.0 Å². The van der Waals surface area contributed by atoms with Crippen molar-refractivity contribution >= 4 is 55.0 Å². The van der Waals surface area contributed by atoms with Crippen molar-refractivity contribution in [1.82, 2.24) is 9.13 Å². The van der Waals surface area contributed by atoms with Gasteiger partial charge in [0.15, 0.2) is 11.4 Å². The average Bonchev–Trinajstić information content (AvgIpc) is 3.67. The Kier molecular flexibility index (Phi) is 7.04. The van der Waals surface area contributed by atoms with Crippen LogP contribution in [-0.2, 0) is 6.18 Å². The maximum absolute atomic E-state index is 15.3. The van der Waals surface area contributed by atoms with Crippen LogP contribution in [0.5, 0.6) is 0 Å². The fourth-order valence-corrected chi connectivity index (χ4v) is 7.07. The molecule has 8 aromatic rings. The van der Waals surface area contributed by atoms with Gasteiger partial charge in [-0.2, -0.15) is 29.0 Å². The molecule has 0 radical (unpaired) electrons. The summed E-state index contributed by atoms with van der Waals surface area (Å²) in [6, 6.07) is 34.8. The van der Waals surface area contributed by atoms with E-state index in [-0.39, 0.29) is 22.4 Å². The first-order valence-electron chi connectivity index (χ1n) is 15.7. The molecule has 0 unspecified atom stereocenters. The molecule has 2 aromatic heterocycles. The van der Waals surface area contributed by atoms with Crippen molar-refractivity contribution in [3.63, 3.8) is 0 Å². The fourth-order valence-electron chi connectivity index (χ4n) is 7.07. The number of alkyl halides is 3. The molecule has 0 N–H and O–H groups in total. The summed E-state index contributed by atoms with van der Waals surface area (Å²) in [5.41, 5.74) is 3.21. The van der Waals surface area contributed by atoms with Crippen LogP contribution in [0.25, 0.3) is 75.8 Å². The Morgan fingerprint density at radius 3 is 1.44 bits per heavy atom. The minimum Gasteiger partial charge on any atom is -0.309 e. The highest BCUT2D eigenvalue weighted by atomic mass is 19.4. The van der Waals surface area contributed by atoms with Gasteiger partial charge >= 0.3 is 6.18 Å². The Morgan fingerprint density at radius 1 is 0.519 bits per heavy atom. The molecule has 0 atom stereocenters. The summed E-state index contributed by atoms with van der Waals surface area (Å²) >= 11 is 0. The van der Waals surface area contributed by atoms with Crippen LogP contribution in [0, 0.1) is 47.1 Å². The average molecular weight is 678 g/mol. The summed E-state index contributed by atoms with van der Waals surface area (Å²) in [7, 11) is 0. The maximum Gasteiger partial charge on any atom is 0.417 e. The fraction of sp³-hybridized carbons (Fsp3) is 0.0238. The van der Waals surface area contributed by atoms with Crippen molar-refractivity contribution in [3.8, 4) is 40.7 Å². The Morgan fingerprint density at radius 2 is 0.962 bits per heavy atom. The monoisotopic (exact) mass is 677 g/mol. The molecule has 0 fully saturated rings. The third-order valence-corrected chi connectivity index (χ3v) is 9.24. The number of nitrogens with zero attached hydrogens (tertiary/aromatic N) is 7. The molecule has 0 amide bonds. The summed E-state index contributed by atoms with van der Waals surface area (Å²) in [5.74, 6) is 0. The largest absolute Gasteiger partial charge is 0.417 e. The predicted octanol–water partition coefficient (Wildman–Crippen LogP) is 11.3. The maximum atomic E-state index is 15.3. The number of hydrogen-bond acceptors (Lipinski definition) is 3. The smallest absolute Gasteiger partial charge is 0.309 e. The minimum absolute atomic E-state index is 0.113. The zero-order valence-electron chi connectivity index (χ0n) is 26.7. The second-order valence-electron chi connectivity index (χ2n) is 12.0. The molecule has 8 rings (SSSR count). The summed E-state index contributed by atoms with van der Waals surface area (Å²) in [4.78, 5) is 7.14. The van der Waals surface area contributed by atoms with Crippen LogP contribution in [0.4, 0.5) is 24.5 Å². The van der Waals surface area contributed by atoms with Crippen LogP contribution in [0.3, 0.4) is 0 Å². The number of halogens is 3. The molecule has 0 saturated carbocycles. The summed E-state index contributed by atoms with van der Waals surface area (Å²) in [5, 5.41) is 31.9. The van der Waals surface area contributed by atoms with Crippen LogP contribution < -0.4 is 0 Å². The van der Waals surface area contributed by atoms with Crippen molar-refractivity contribution in [2.45, 2.75) is 6.18 Å². The zero-order valence-corrected chi connectivity index (χ0v) is 26.7. The second kappa shape index (κ2) is 11.6. The molecule has 6 aromatic carbocycles. The molecule has 2 heterocycles. The van der Waals surface area contributed by atoms with Gasteiger partial charge in [0.2, 0.25) is 0 Å². The Bertz CT molecular complexity index is 2930. The molecule has 0 saturated heterocycles. The first kappa shape index (κ1) is 31.4. The highest BCUT2D eigenvalue weighted by molar-refractivity contribution is 6.13. The molecule has 0 aliphatic heterocycles. The molecule has 10 heteroatoms. The van der Waals surface area contributed by atoms with Gasteiger partial charge in [0, 0.05) is 21.9 Å². The van der Waals surface area contributed by atoms with E-state index in [2.05, 4.69) is 27.9 Å². The van der Waals surface area contributed by atoms with Crippen molar-refractivity contribution < 1.29 is 13.2 Å². The SMILES string of the molecule is [C-]#[N+]c1ccc2c(c1)c1cc([N+]#[C-])ccc1n2-c1ccc(C#N)cc1-c1c(-n2c3ccc(C#N)cc3c3cc(C#N)ccc32)cccc1C(F)(F)F. The minimum atomic E-state index is -4.83. The molecule has 242 valence electrons. The number of rotatable bonds is 3. The number of benzene rings is 6. The van der Waals surface area contributed by atoms with Gasteiger partial charge in [-0.25, -0.2) is 9.69 Å². The second-order valence-corrected chi connectivity index (χ2v) is 12.0. The van der Waals surface area contributed by atoms with Crippen molar-refractivity contribution in [3.05, 3.63) is 154 Å². The Hall–Kier alpha value is -7.84. The van der Waals surface area contributed by atoms with Crippen molar-refractivity contribution in [2.24, 2.45) is 0 Å². The highest BCUT2D eigenvalue weighted by Crippen LogP contribution is 2.47. The van der Waals surface area contributed by atoms with E-state index < -0.39 is 11.7 Å². The number of fused-ring (bicyclic) bond motifs is 6. The highest BCUT2D eigenvalue weighted by Gasteiger charge is 2.36. The van der Waals surface area contributed by atoms with Gasteiger partial charge in [0.1, 0.15) is 0 Å². The molecule has 0 spiro atoms. The van der Waals surface area contributed by atoms with Gasteiger partial charge < -0.3 is 9.13 Å². The van der Waals surface area contributed by atoms with Gasteiger partial charge in [0.25, 0.3) is 0 Å². The van der Waals surface area contributed by atoms with Gasteiger partial charge in [-0.15, -0.1) is 0 Å². The van der Waals surface area contributed by atoms with E-state index in [4.69, 9.17) is 13.1 Å². The zero-order chi connectivity index (χ0) is 36.3. The van der Waals surface area contributed by atoms with E-state index in [1.165, 1.54) is 12.1 Å². The van der Waals surface area contributed by atoms with Crippen LogP contribution in [0.2, 0.25) is 0 Å². The molecule has 7 nitrogen and oxygen atoms in total. The summed E-state index contributed by atoms with van der Waals surface area (Å²) < 4.78 is 49.4. The summed E-state index contributed by atoms with van der Waals surface area (Å²) in [6.45, 7) is 15.2. The van der Waals surface area contributed by atoms with Crippen molar-refractivity contribution in [1.29, 1.82) is 15.8 Å². The lowest BCUT2D eigenvalue weighted by Crippen LogP contribution is -2.11. The predicted molar refractivity (Wildman–Crippen MR) is 192 cm³/mol. The third kappa shape index (κ3) is 4.71. The molecule has 0 aliphatic carbocycles. The lowest BCUT2D eigenvalue weighted by atomic mass is 9.93. The van der Waals surface area contributed by atoms with E-state index >= 15 is 13.2 Å². The van der Waals surface area contributed by atoms with E-state index in [9.17, 15) is 15.8 Å². The Labute approximate surface area is 293 Å². The van der Waals surface area contributed by atoms with E-state index in [0.717, 1.165) is 6.07 Å².